The first-order valence-electron chi connectivity index (χ1n) is 6.49. The molecule has 0 radical (unpaired) electrons. The highest BCUT2D eigenvalue weighted by Gasteiger charge is 2.19. The summed E-state index contributed by atoms with van der Waals surface area (Å²) in [5, 5.41) is 0. The zero-order valence-electron chi connectivity index (χ0n) is 11.4. The maximum Gasteiger partial charge on any atom is 0.166 e. The topological polar surface area (TPSA) is 35.5 Å². The molecule has 1 rings (SSSR count). The number of ketones is 1. The lowest BCUT2D eigenvalue weighted by Crippen LogP contribution is -2.26. The molecule has 0 saturated carbocycles. The minimum atomic E-state index is -0.287. The van der Waals surface area contributed by atoms with Gasteiger partial charge in [0.25, 0.3) is 0 Å². The van der Waals surface area contributed by atoms with Gasteiger partial charge in [-0.3, -0.25) is 4.79 Å². The second-order valence-corrected chi connectivity index (χ2v) is 4.19. The second kappa shape index (κ2) is 7.88. The van der Waals surface area contributed by atoms with Gasteiger partial charge in [-0.15, -0.1) is 0 Å². The maximum atomic E-state index is 12.2. The van der Waals surface area contributed by atoms with Crippen molar-refractivity contribution in [2.45, 2.75) is 39.2 Å². The van der Waals surface area contributed by atoms with Crippen LogP contribution in [0.2, 0.25) is 0 Å². The molecule has 0 aromatic heterocycles. The number of hydrogen-bond donors (Lipinski definition) is 0. The molecule has 1 atom stereocenters. The van der Waals surface area contributed by atoms with Gasteiger partial charge in [0.1, 0.15) is 11.9 Å². The molecule has 3 nitrogen and oxygen atoms in total. The van der Waals surface area contributed by atoms with E-state index in [2.05, 4.69) is 6.92 Å². The fourth-order valence-electron chi connectivity index (χ4n) is 1.95. The summed E-state index contributed by atoms with van der Waals surface area (Å²) in [6.45, 7) is 4.55. The monoisotopic (exact) mass is 250 g/mol. The average Bonchev–Trinajstić information content (AvgIpc) is 2.39. The van der Waals surface area contributed by atoms with Crippen LogP contribution in [0.4, 0.5) is 0 Å². The first-order valence-corrected chi connectivity index (χ1v) is 6.49. The summed E-state index contributed by atoms with van der Waals surface area (Å²) in [4.78, 5) is 12.2. The number of carbonyl (C=O) groups excluding carboxylic acids is 1. The van der Waals surface area contributed by atoms with Gasteiger partial charge in [0, 0.05) is 18.6 Å². The van der Waals surface area contributed by atoms with E-state index in [1.165, 1.54) is 0 Å². The zero-order chi connectivity index (χ0) is 13.4. The molecule has 0 amide bonds. The minimum absolute atomic E-state index is 0.128. The first kappa shape index (κ1) is 14.7. The van der Waals surface area contributed by atoms with E-state index < -0.39 is 0 Å². The molecule has 0 aliphatic carbocycles. The van der Waals surface area contributed by atoms with Crippen molar-refractivity contribution < 1.29 is 14.3 Å². The Morgan fingerprint density at radius 1 is 1.28 bits per heavy atom. The van der Waals surface area contributed by atoms with Crippen LogP contribution in [0.15, 0.2) is 24.3 Å². The Bertz CT molecular complexity index is 368. The van der Waals surface area contributed by atoms with Crippen LogP contribution in [0, 0.1) is 0 Å². The molecule has 0 spiro atoms. The molecule has 0 saturated heterocycles. The van der Waals surface area contributed by atoms with Gasteiger partial charge >= 0.3 is 0 Å². The van der Waals surface area contributed by atoms with E-state index in [4.69, 9.17) is 9.47 Å². The van der Waals surface area contributed by atoms with Crippen molar-refractivity contribution in [1.82, 2.24) is 0 Å². The minimum Gasteiger partial charge on any atom is -0.496 e. The molecule has 18 heavy (non-hydrogen) atoms. The summed E-state index contributed by atoms with van der Waals surface area (Å²) in [5.41, 5.74) is 0.922. The Hall–Kier alpha value is -1.35. The van der Waals surface area contributed by atoms with Crippen LogP contribution in [-0.4, -0.2) is 25.6 Å². The number of benzene rings is 1. The van der Waals surface area contributed by atoms with Gasteiger partial charge in [0.05, 0.1) is 7.11 Å². The Morgan fingerprint density at radius 2 is 2.00 bits per heavy atom. The molecule has 0 heterocycles. The molecule has 0 bridgehead atoms. The third-order valence-electron chi connectivity index (χ3n) is 2.84. The number of carbonyl (C=O) groups is 1. The summed E-state index contributed by atoms with van der Waals surface area (Å²) >= 11 is 0. The fraction of sp³-hybridized carbons (Fsp3) is 0.533. The molecule has 1 unspecified atom stereocenters. The van der Waals surface area contributed by atoms with E-state index in [0.717, 1.165) is 24.2 Å². The lowest BCUT2D eigenvalue weighted by atomic mass is 10.0. The fourth-order valence-corrected chi connectivity index (χ4v) is 1.95. The van der Waals surface area contributed by atoms with Gasteiger partial charge < -0.3 is 9.47 Å². The van der Waals surface area contributed by atoms with E-state index >= 15 is 0 Å². The van der Waals surface area contributed by atoms with Gasteiger partial charge in [-0.05, 0) is 19.4 Å². The lowest BCUT2D eigenvalue weighted by Gasteiger charge is -2.15. The van der Waals surface area contributed by atoms with Crippen LogP contribution in [-0.2, 0) is 16.0 Å². The van der Waals surface area contributed by atoms with Crippen LogP contribution in [0.5, 0.6) is 5.75 Å². The van der Waals surface area contributed by atoms with Gasteiger partial charge in [-0.25, -0.2) is 0 Å². The number of rotatable bonds is 8. The largest absolute Gasteiger partial charge is 0.496 e. The lowest BCUT2D eigenvalue weighted by molar-refractivity contribution is -0.130. The predicted molar refractivity (Wildman–Crippen MR) is 72.0 cm³/mol. The van der Waals surface area contributed by atoms with Crippen LogP contribution in [0.25, 0.3) is 0 Å². The number of para-hydroxylation sites is 1. The van der Waals surface area contributed by atoms with Gasteiger partial charge in [0.15, 0.2) is 5.78 Å². The summed E-state index contributed by atoms with van der Waals surface area (Å²) in [5.74, 6) is 0.890. The Balaban J connectivity index is 2.72. The highest BCUT2D eigenvalue weighted by molar-refractivity contribution is 5.85. The number of hydrogen-bond acceptors (Lipinski definition) is 3. The van der Waals surface area contributed by atoms with Gasteiger partial charge in [-0.1, -0.05) is 31.5 Å². The Kier molecular flexibility index (Phi) is 6.44. The molecular formula is C15H22O3. The van der Waals surface area contributed by atoms with E-state index in [-0.39, 0.29) is 11.9 Å². The van der Waals surface area contributed by atoms with Gasteiger partial charge in [-0.2, -0.15) is 0 Å². The summed E-state index contributed by atoms with van der Waals surface area (Å²) in [7, 11) is 1.62. The predicted octanol–water partition coefficient (Wildman–Crippen LogP) is 3.01. The van der Waals surface area contributed by atoms with Crippen LogP contribution in [0.1, 0.15) is 32.3 Å². The highest BCUT2D eigenvalue weighted by atomic mass is 16.5. The number of ether oxygens (including phenoxy) is 2. The van der Waals surface area contributed by atoms with Crippen LogP contribution in [0.3, 0.4) is 0 Å². The van der Waals surface area contributed by atoms with Crippen molar-refractivity contribution >= 4 is 5.78 Å². The molecular weight excluding hydrogens is 228 g/mol. The second-order valence-electron chi connectivity index (χ2n) is 4.19. The SMILES string of the molecule is CCCC(OCC)C(=O)Cc1ccccc1OC. The van der Waals surface area contributed by atoms with Crippen LogP contribution < -0.4 is 4.74 Å². The average molecular weight is 250 g/mol. The molecule has 1 aromatic carbocycles. The van der Waals surface area contributed by atoms with Crippen molar-refractivity contribution in [1.29, 1.82) is 0 Å². The summed E-state index contributed by atoms with van der Waals surface area (Å²) in [6, 6.07) is 7.61. The molecule has 0 aliphatic heterocycles. The third-order valence-corrected chi connectivity index (χ3v) is 2.84. The Morgan fingerprint density at radius 3 is 2.61 bits per heavy atom. The van der Waals surface area contributed by atoms with Gasteiger partial charge in [0.2, 0.25) is 0 Å². The molecule has 3 heteroatoms. The van der Waals surface area contributed by atoms with Crippen molar-refractivity contribution in [3.63, 3.8) is 0 Å². The number of Topliss-reactive ketones (excluding diaryl/α,β-unsaturated/α-hetero) is 1. The van der Waals surface area contributed by atoms with Crippen LogP contribution >= 0.6 is 0 Å². The van der Waals surface area contributed by atoms with E-state index in [0.29, 0.717) is 13.0 Å². The molecule has 1 aromatic rings. The molecule has 0 fully saturated rings. The normalized spacial score (nSPS) is 12.2. The highest BCUT2D eigenvalue weighted by Crippen LogP contribution is 2.19. The van der Waals surface area contributed by atoms with Crippen molar-refractivity contribution in [3.8, 4) is 5.75 Å². The summed E-state index contributed by atoms with van der Waals surface area (Å²) < 4.78 is 10.8. The van der Waals surface area contributed by atoms with Crippen molar-refractivity contribution in [3.05, 3.63) is 29.8 Å². The van der Waals surface area contributed by atoms with E-state index in [1.54, 1.807) is 7.11 Å². The van der Waals surface area contributed by atoms with E-state index in [9.17, 15) is 4.79 Å². The smallest absolute Gasteiger partial charge is 0.166 e. The van der Waals surface area contributed by atoms with Crippen molar-refractivity contribution in [2.24, 2.45) is 0 Å². The molecule has 0 N–H and O–H groups in total. The first-order chi connectivity index (χ1) is 8.72. The quantitative estimate of drug-likeness (QED) is 0.711. The number of methoxy groups -OCH3 is 1. The zero-order valence-corrected chi connectivity index (χ0v) is 11.4. The molecule has 100 valence electrons. The van der Waals surface area contributed by atoms with Crippen molar-refractivity contribution in [2.75, 3.05) is 13.7 Å². The summed E-state index contributed by atoms with van der Waals surface area (Å²) in [6.07, 6.45) is 1.81. The third kappa shape index (κ3) is 4.15. The van der Waals surface area contributed by atoms with E-state index in [1.807, 2.05) is 31.2 Å². The molecule has 0 aliphatic rings. The standard InChI is InChI=1S/C15H22O3/c1-4-8-15(18-5-2)13(16)11-12-9-6-7-10-14(12)17-3/h6-7,9-10,15H,4-5,8,11H2,1-3H3. The Labute approximate surface area is 109 Å². The maximum absolute atomic E-state index is 12.2.